The maximum atomic E-state index is 12.5. The van der Waals surface area contributed by atoms with E-state index in [9.17, 15) is 4.79 Å². The molecule has 0 saturated heterocycles. The molecule has 3 aromatic rings. The molecule has 26 heavy (non-hydrogen) atoms. The third-order valence-electron chi connectivity index (χ3n) is 4.39. The fourth-order valence-electron chi connectivity index (χ4n) is 3.13. The van der Waals surface area contributed by atoms with Crippen molar-refractivity contribution in [2.75, 3.05) is 19.0 Å². The van der Waals surface area contributed by atoms with Crippen molar-refractivity contribution in [3.8, 4) is 17.0 Å². The van der Waals surface area contributed by atoms with E-state index in [1.54, 1.807) is 7.11 Å². The molecule has 4 rings (SSSR count). The Kier molecular flexibility index (Phi) is 4.27. The second-order valence-corrected chi connectivity index (χ2v) is 6.11. The molecule has 0 spiro atoms. The van der Waals surface area contributed by atoms with E-state index >= 15 is 0 Å². The van der Waals surface area contributed by atoms with E-state index in [4.69, 9.17) is 9.72 Å². The monoisotopic (exact) mass is 345 g/mol. The summed E-state index contributed by atoms with van der Waals surface area (Å²) in [5, 5.41) is 6.27. The van der Waals surface area contributed by atoms with Crippen LogP contribution in [0.3, 0.4) is 0 Å². The lowest BCUT2D eigenvalue weighted by molar-refractivity contribution is 0.0946. The summed E-state index contributed by atoms with van der Waals surface area (Å²) in [6, 6.07) is 19.6. The average Bonchev–Trinajstić information content (AvgIpc) is 2.68. The zero-order chi connectivity index (χ0) is 17.9. The highest BCUT2D eigenvalue weighted by Crippen LogP contribution is 2.31. The van der Waals surface area contributed by atoms with Crippen molar-refractivity contribution < 1.29 is 9.53 Å². The number of nitrogens with one attached hydrogen (secondary N) is 2. The molecular weight excluding hydrogens is 326 g/mol. The van der Waals surface area contributed by atoms with E-state index in [2.05, 4.69) is 10.6 Å². The van der Waals surface area contributed by atoms with Crippen molar-refractivity contribution in [3.05, 3.63) is 71.9 Å². The highest BCUT2D eigenvalue weighted by Gasteiger charge is 2.23. The third-order valence-corrected chi connectivity index (χ3v) is 4.39. The number of hydrogen-bond acceptors (Lipinski definition) is 4. The van der Waals surface area contributed by atoms with Crippen molar-refractivity contribution in [3.63, 3.8) is 0 Å². The molecular formula is C21H19N3O2. The summed E-state index contributed by atoms with van der Waals surface area (Å²) in [5.41, 5.74) is 4.91. The molecule has 1 aliphatic heterocycles. The third kappa shape index (κ3) is 3.11. The van der Waals surface area contributed by atoms with Crippen molar-refractivity contribution in [2.24, 2.45) is 0 Å². The van der Waals surface area contributed by atoms with E-state index in [-0.39, 0.29) is 5.91 Å². The Morgan fingerprint density at radius 3 is 2.73 bits per heavy atom. The van der Waals surface area contributed by atoms with Gasteiger partial charge in [0.05, 0.1) is 29.7 Å². The van der Waals surface area contributed by atoms with Crippen LogP contribution in [-0.4, -0.2) is 24.5 Å². The topological polar surface area (TPSA) is 63.2 Å². The van der Waals surface area contributed by atoms with Gasteiger partial charge in [0.1, 0.15) is 5.75 Å². The maximum Gasteiger partial charge on any atom is 0.255 e. The molecule has 0 saturated carbocycles. The number of anilines is 2. The van der Waals surface area contributed by atoms with Crippen molar-refractivity contribution in [2.45, 2.75) is 6.42 Å². The second kappa shape index (κ2) is 6.88. The van der Waals surface area contributed by atoms with Gasteiger partial charge in [-0.1, -0.05) is 36.4 Å². The Morgan fingerprint density at radius 2 is 1.92 bits per heavy atom. The Morgan fingerprint density at radius 1 is 1.08 bits per heavy atom. The number of rotatable bonds is 4. The van der Waals surface area contributed by atoms with Crippen molar-refractivity contribution >= 4 is 17.3 Å². The molecule has 0 bridgehead atoms. The Bertz CT molecular complexity index is 955. The molecule has 1 amide bonds. The zero-order valence-electron chi connectivity index (χ0n) is 14.5. The molecule has 2 aromatic carbocycles. The minimum atomic E-state index is -0.0937. The van der Waals surface area contributed by atoms with Gasteiger partial charge in [0.25, 0.3) is 5.91 Å². The summed E-state index contributed by atoms with van der Waals surface area (Å²) in [5.74, 6) is 0.661. The van der Waals surface area contributed by atoms with Crippen LogP contribution in [0.15, 0.2) is 60.7 Å². The lowest BCUT2D eigenvalue weighted by atomic mass is 10.0. The number of methoxy groups -OCH3 is 1. The van der Waals surface area contributed by atoms with Crippen LogP contribution in [0.4, 0.5) is 11.4 Å². The van der Waals surface area contributed by atoms with Crippen LogP contribution in [0, 0.1) is 0 Å². The van der Waals surface area contributed by atoms with Gasteiger partial charge < -0.3 is 15.4 Å². The quantitative estimate of drug-likeness (QED) is 0.755. The summed E-state index contributed by atoms with van der Waals surface area (Å²) in [4.78, 5) is 17.2. The van der Waals surface area contributed by atoms with E-state index in [1.807, 2.05) is 60.7 Å². The molecule has 0 unspecified atom stereocenters. The first-order valence-electron chi connectivity index (χ1n) is 8.53. The second-order valence-electron chi connectivity index (χ2n) is 6.11. The smallest absolute Gasteiger partial charge is 0.255 e. The number of amides is 1. The Labute approximate surface area is 152 Å². The molecule has 1 aromatic heterocycles. The minimum Gasteiger partial charge on any atom is -0.497 e. The van der Waals surface area contributed by atoms with Gasteiger partial charge in [-0.3, -0.25) is 9.78 Å². The van der Waals surface area contributed by atoms with Crippen molar-refractivity contribution in [1.82, 2.24) is 10.3 Å². The van der Waals surface area contributed by atoms with E-state index < -0.39 is 0 Å². The summed E-state index contributed by atoms with van der Waals surface area (Å²) < 4.78 is 5.29. The van der Waals surface area contributed by atoms with Crippen LogP contribution in [-0.2, 0) is 6.42 Å². The van der Waals surface area contributed by atoms with Crippen LogP contribution in [0.25, 0.3) is 11.3 Å². The summed E-state index contributed by atoms with van der Waals surface area (Å²) in [6.45, 7) is 0.607. The standard InChI is InChI=1S/C21H19N3O2/c1-26-16-9-5-8-15(12-16)23-19-13-18(14-6-3-2-4-7-14)24-17-10-11-22-21(25)20(17)19/h2-9,12-13H,10-11H2,1H3,(H,22,25)(H,23,24). The normalized spacial score (nSPS) is 12.9. The van der Waals surface area contributed by atoms with Gasteiger partial charge in [-0.15, -0.1) is 0 Å². The van der Waals surface area contributed by atoms with E-state index in [1.165, 1.54) is 0 Å². The molecule has 0 atom stereocenters. The van der Waals surface area contributed by atoms with E-state index in [0.717, 1.165) is 34.1 Å². The highest BCUT2D eigenvalue weighted by atomic mass is 16.5. The molecule has 5 nitrogen and oxygen atoms in total. The van der Waals surface area contributed by atoms with Crippen LogP contribution >= 0.6 is 0 Å². The molecule has 0 radical (unpaired) electrons. The SMILES string of the molecule is COc1cccc(Nc2cc(-c3ccccc3)nc3c2C(=O)NCC3)c1. The molecule has 2 heterocycles. The van der Waals surface area contributed by atoms with Gasteiger partial charge >= 0.3 is 0 Å². The molecule has 0 fully saturated rings. The van der Waals surface area contributed by atoms with Gasteiger partial charge in [0, 0.05) is 30.3 Å². The van der Waals surface area contributed by atoms with Crippen molar-refractivity contribution in [1.29, 1.82) is 0 Å². The predicted octanol–water partition coefficient (Wildman–Crippen LogP) is 3.79. The molecule has 5 heteroatoms. The van der Waals surface area contributed by atoms with Gasteiger partial charge in [0.2, 0.25) is 0 Å². The number of carbonyl (C=O) groups is 1. The number of hydrogen-bond donors (Lipinski definition) is 2. The molecule has 0 aliphatic carbocycles. The number of aromatic nitrogens is 1. The lowest BCUT2D eigenvalue weighted by Gasteiger charge is -2.21. The Hall–Kier alpha value is -3.34. The van der Waals surface area contributed by atoms with Gasteiger partial charge in [-0.25, -0.2) is 0 Å². The fraction of sp³-hybridized carbons (Fsp3) is 0.143. The molecule has 2 N–H and O–H groups in total. The first kappa shape index (κ1) is 16.1. The molecule has 130 valence electrons. The number of carbonyl (C=O) groups excluding carboxylic acids is 1. The van der Waals surface area contributed by atoms with Gasteiger partial charge in [-0.2, -0.15) is 0 Å². The summed E-state index contributed by atoms with van der Waals surface area (Å²) in [7, 11) is 1.63. The number of nitrogens with zero attached hydrogens (tertiary/aromatic N) is 1. The van der Waals surface area contributed by atoms with Gasteiger partial charge in [0.15, 0.2) is 0 Å². The number of benzene rings is 2. The first-order valence-corrected chi connectivity index (χ1v) is 8.53. The largest absolute Gasteiger partial charge is 0.497 e. The minimum absolute atomic E-state index is 0.0937. The Balaban J connectivity index is 1.82. The van der Waals surface area contributed by atoms with Crippen LogP contribution < -0.4 is 15.4 Å². The van der Waals surface area contributed by atoms with Gasteiger partial charge in [-0.05, 0) is 18.2 Å². The average molecular weight is 345 g/mol. The number of fused-ring (bicyclic) bond motifs is 1. The lowest BCUT2D eigenvalue weighted by Crippen LogP contribution is -2.33. The fourth-order valence-corrected chi connectivity index (χ4v) is 3.13. The molecule has 1 aliphatic rings. The first-order chi connectivity index (χ1) is 12.7. The highest BCUT2D eigenvalue weighted by molar-refractivity contribution is 6.02. The van der Waals surface area contributed by atoms with E-state index in [0.29, 0.717) is 18.5 Å². The maximum absolute atomic E-state index is 12.5. The number of ether oxygens (including phenoxy) is 1. The van der Waals surface area contributed by atoms with Crippen LogP contribution in [0.2, 0.25) is 0 Å². The number of pyridine rings is 1. The van der Waals surface area contributed by atoms with Crippen LogP contribution in [0.1, 0.15) is 16.1 Å². The zero-order valence-corrected chi connectivity index (χ0v) is 14.5. The summed E-state index contributed by atoms with van der Waals surface area (Å²) >= 11 is 0. The summed E-state index contributed by atoms with van der Waals surface area (Å²) in [6.07, 6.45) is 0.717. The van der Waals surface area contributed by atoms with Crippen LogP contribution in [0.5, 0.6) is 5.75 Å². The predicted molar refractivity (Wildman–Crippen MR) is 102 cm³/mol.